The average Bonchev–Trinajstić information content (AvgIpc) is 3.88. The molecule has 2 atom stereocenters. The molecule has 0 aliphatic carbocycles. The summed E-state index contributed by atoms with van der Waals surface area (Å²) in [6.45, 7) is 9.32. The molecule has 0 amide bonds. The molecule has 3 aromatic carbocycles. The lowest BCUT2D eigenvalue weighted by atomic mass is 10.1. The molecule has 2 saturated heterocycles. The van der Waals surface area contributed by atoms with Crippen molar-refractivity contribution >= 4 is 34.6 Å². The molecule has 0 saturated carbocycles. The minimum absolute atomic E-state index is 0.0782. The largest absolute Gasteiger partial charge is 0.491 e. The maximum atomic E-state index is 13.0. The lowest BCUT2D eigenvalue weighted by Crippen LogP contribution is -2.46. The quantitative estimate of drug-likeness (QED) is 0.151. The van der Waals surface area contributed by atoms with Gasteiger partial charge in [-0.25, -0.2) is 19.0 Å². The van der Waals surface area contributed by atoms with Gasteiger partial charge in [0.2, 0.25) is 5.79 Å². The number of anilines is 2. The van der Waals surface area contributed by atoms with E-state index in [9.17, 15) is 4.79 Å². The zero-order valence-corrected chi connectivity index (χ0v) is 29.8. The van der Waals surface area contributed by atoms with Crippen molar-refractivity contribution in [1.82, 2.24) is 23.9 Å². The van der Waals surface area contributed by atoms with E-state index < -0.39 is 5.79 Å². The van der Waals surface area contributed by atoms with Gasteiger partial charge in [-0.15, -0.1) is 0 Å². The van der Waals surface area contributed by atoms with Gasteiger partial charge in [0.25, 0.3) is 0 Å². The van der Waals surface area contributed by atoms with E-state index in [1.165, 1.54) is 0 Å². The van der Waals surface area contributed by atoms with E-state index in [0.29, 0.717) is 48.3 Å². The number of hydrogen-bond donors (Lipinski definition) is 0. The molecule has 2 aliphatic heterocycles. The summed E-state index contributed by atoms with van der Waals surface area (Å²) < 4.78 is 24.2. The summed E-state index contributed by atoms with van der Waals surface area (Å²) in [5, 5.41) is 5.55. The monoisotopic (exact) mass is 717 g/mol. The first-order valence-electron chi connectivity index (χ1n) is 17.1. The van der Waals surface area contributed by atoms with Gasteiger partial charge in [-0.3, -0.25) is 0 Å². The van der Waals surface area contributed by atoms with Crippen LogP contribution in [0.4, 0.5) is 11.4 Å². The number of nitrogens with zero attached hydrogens (tertiary/aromatic N) is 7. The summed E-state index contributed by atoms with van der Waals surface area (Å²) in [6.07, 6.45) is 6.55. The van der Waals surface area contributed by atoms with Crippen LogP contribution in [0.3, 0.4) is 0 Å². The van der Waals surface area contributed by atoms with Crippen molar-refractivity contribution in [2.75, 3.05) is 49.2 Å². The number of imidazole rings is 1. The summed E-state index contributed by atoms with van der Waals surface area (Å²) >= 11 is 12.8. The zero-order valence-electron chi connectivity index (χ0n) is 28.3. The summed E-state index contributed by atoms with van der Waals surface area (Å²) in [4.78, 5) is 21.9. The molecule has 0 radical (unpaired) electrons. The van der Waals surface area contributed by atoms with Crippen LogP contribution in [0.25, 0.3) is 5.69 Å². The molecule has 7 rings (SSSR count). The number of rotatable bonds is 12. The lowest BCUT2D eigenvalue weighted by Gasteiger charge is -2.37. The topological polar surface area (TPSA) is 91.8 Å². The second kappa shape index (κ2) is 14.9. The van der Waals surface area contributed by atoms with E-state index in [-0.39, 0.29) is 11.8 Å². The smallest absolute Gasteiger partial charge is 0.350 e. The van der Waals surface area contributed by atoms with Gasteiger partial charge in [0.15, 0.2) is 0 Å². The summed E-state index contributed by atoms with van der Waals surface area (Å²) in [5.74, 6) is 0.449. The van der Waals surface area contributed by atoms with Gasteiger partial charge in [-0.2, -0.15) is 5.10 Å². The van der Waals surface area contributed by atoms with Gasteiger partial charge in [-0.05, 0) is 67.1 Å². The Bertz CT molecular complexity index is 1940. The van der Waals surface area contributed by atoms with Crippen molar-refractivity contribution in [3.63, 3.8) is 0 Å². The Kier molecular flexibility index (Phi) is 10.2. The van der Waals surface area contributed by atoms with E-state index in [1.807, 2.05) is 48.0 Å². The number of ether oxygens (including phenoxy) is 3. The first-order valence-corrected chi connectivity index (χ1v) is 17.9. The molecule has 13 heteroatoms. The Labute approximate surface area is 301 Å². The van der Waals surface area contributed by atoms with Gasteiger partial charge in [-0.1, -0.05) is 43.1 Å². The van der Waals surface area contributed by atoms with Gasteiger partial charge in [0.05, 0.1) is 30.2 Å². The van der Waals surface area contributed by atoms with Crippen LogP contribution in [-0.2, 0) is 34.8 Å². The fourth-order valence-electron chi connectivity index (χ4n) is 6.65. The van der Waals surface area contributed by atoms with Crippen LogP contribution in [-0.4, -0.2) is 69.4 Å². The Balaban J connectivity index is 0.933. The average molecular weight is 719 g/mol. The Morgan fingerprint density at radius 1 is 0.920 bits per heavy atom. The van der Waals surface area contributed by atoms with Crippen molar-refractivity contribution in [3.8, 4) is 11.4 Å². The Hall–Kier alpha value is -4.29. The highest BCUT2D eigenvalue weighted by molar-refractivity contribution is 6.35. The van der Waals surface area contributed by atoms with Gasteiger partial charge in [0, 0.05) is 73.5 Å². The number of hydrogen-bond acceptors (Lipinski definition) is 8. The maximum absolute atomic E-state index is 13.0. The van der Waals surface area contributed by atoms with Crippen LogP contribution >= 0.6 is 23.2 Å². The molecule has 5 aromatic rings. The first kappa shape index (κ1) is 34.2. The summed E-state index contributed by atoms with van der Waals surface area (Å²) in [6, 6.07) is 21.8. The van der Waals surface area contributed by atoms with Crippen LogP contribution in [0.5, 0.6) is 5.75 Å². The third kappa shape index (κ3) is 7.14. The highest BCUT2D eigenvalue weighted by atomic mass is 35.5. The highest BCUT2D eigenvalue weighted by Gasteiger charge is 2.45. The van der Waals surface area contributed by atoms with Crippen molar-refractivity contribution in [1.29, 1.82) is 0 Å². The number of piperazine rings is 1. The molecule has 262 valence electrons. The molecular formula is C37H41Cl2N7O4. The number of benzene rings is 3. The Morgan fingerprint density at radius 2 is 1.60 bits per heavy atom. The van der Waals surface area contributed by atoms with Gasteiger partial charge in [0.1, 0.15) is 24.3 Å². The Morgan fingerprint density at radius 3 is 2.22 bits per heavy atom. The van der Waals surface area contributed by atoms with Crippen LogP contribution in [0.15, 0.2) is 90.2 Å². The maximum Gasteiger partial charge on any atom is 0.350 e. The van der Waals surface area contributed by atoms with Crippen LogP contribution < -0.4 is 20.2 Å². The standard InChI is InChI=1S/C37H41Cl2N7O4/c1-3-16-45-36(47)46(35(4-2)41-45)30-8-6-28(7-9-30)43-18-20-44(21-19-43)29-10-12-31(13-11-29)48-23-32-24-49-37(50-32,25-42-17-15-40-26-42)33-14-5-27(38)22-34(33)39/h5-15,17,22,26,32H,3-4,16,18-21,23-25H2,1-2H3. The molecule has 50 heavy (non-hydrogen) atoms. The highest BCUT2D eigenvalue weighted by Crippen LogP contribution is 2.40. The molecule has 11 nitrogen and oxygen atoms in total. The predicted molar refractivity (Wildman–Crippen MR) is 195 cm³/mol. The molecule has 2 aliphatic rings. The van der Waals surface area contributed by atoms with E-state index in [4.69, 9.17) is 37.4 Å². The summed E-state index contributed by atoms with van der Waals surface area (Å²) in [5.41, 5.74) is 3.78. The van der Waals surface area contributed by atoms with E-state index in [2.05, 4.69) is 51.1 Å². The molecule has 0 N–H and O–H groups in total. The number of aryl methyl sites for hydroxylation is 2. The fourth-order valence-corrected chi connectivity index (χ4v) is 7.20. The zero-order chi connectivity index (χ0) is 34.7. The first-order chi connectivity index (χ1) is 24.4. The molecule has 4 heterocycles. The van der Waals surface area contributed by atoms with Crippen LogP contribution in [0.1, 0.15) is 31.7 Å². The molecular weight excluding hydrogens is 677 g/mol. The van der Waals surface area contributed by atoms with Crippen molar-refractivity contribution in [3.05, 3.63) is 117 Å². The third-order valence-corrected chi connectivity index (χ3v) is 9.75. The molecule has 0 spiro atoms. The van der Waals surface area contributed by atoms with Crippen LogP contribution in [0.2, 0.25) is 10.0 Å². The normalized spacial score (nSPS) is 19.3. The second-order valence-corrected chi connectivity index (χ2v) is 13.4. The van der Waals surface area contributed by atoms with Gasteiger partial charge < -0.3 is 28.6 Å². The van der Waals surface area contributed by atoms with E-state index in [1.54, 1.807) is 33.9 Å². The molecule has 2 unspecified atom stereocenters. The third-order valence-electron chi connectivity index (χ3n) is 9.20. The minimum atomic E-state index is -1.10. The molecule has 2 aromatic heterocycles. The minimum Gasteiger partial charge on any atom is -0.491 e. The number of halogens is 2. The van der Waals surface area contributed by atoms with E-state index in [0.717, 1.165) is 61.2 Å². The predicted octanol–water partition coefficient (Wildman–Crippen LogP) is 6.18. The van der Waals surface area contributed by atoms with Crippen molar-refractivity contribution in [2.24, 2.45) is 0 Å². The van der Waals surface area contributed by atoms with Gasteiger partial charge >= 0.3 is 5.69 Å². The van der Waals surface area contributed by atoms with Crippen molar-refractivity contribution in [2.45, 2.75) is 51.7 Å². The lowest BCUT2D eigenvalue weighted by molar-refractivity contribution is -0.189. The van der Waals surface area contributed by atoms with E-state index >= 15 is 0 Å². The molecule has 2 fully saturated rings. The SMILES string of the molecule is CCCn1nc(CC)n(-c2ccc(N3CCN(c4ccc(OCC5COC(Cn6ccnc6)(c6ccc(Cl)cc6Cl)O5)cc4)CC3)cc2)c1=O. The second-order valence-electron chi connectivity index (χ2n) is 12.6. The van der Waals surface area contributed by atoms with Crippen molar-refractivity contribution < 1.29 is 14.2 Å². The fraction of sp³-hybridized carbons (Fsp3) is 0.378. The molecule has 0 bridgehead atoms. The number of aromatic nitrogens is 5. The summed E-state index contributed by atoms with van der Waals surface area (Å²) in [7, 11) is 0. The van der Waals surface area contributed by atoms with Crippen LogP contribution in [0, 0.1) is 0 Å².